The quantitative estimate of drug-likeness (QED) is 0.0169. The molecule has 0 aliphatic rings. The van der Waals surface area contributed by atoms with Crippen molar-refractivity contribution >= 4 is 39.5 Å². The van der Waals surface area contributed by atoms with Gasteiger partial charge >= 0.3 is 39.5 Å². The minimum atomic E-state index is -5.01. The molecule has 0 aliphatic carbocycles. The molecule has 0 spiro atoms. The van der Waals surface area contributed by atoms with Crippen molar-refractivity contribution in [3.8, 4) is 0 Å². The fraction of sp³-hybridized carbons (Fsp3) is 0.618. The lowest BCUT2D eigenvalue weighted by Crippen LogP contribution is -2.30. The van der Waals surface area contributed by atoms with E-state index in [4.69, 9.17) is 37.0 Å². The van der Waals surface area contributed by atoms with E-state index in [1.54, 1.807) is 0 Å². The Hall–Kier alpha value is -5.84. The number of hydrogen-bond donors (Lipinski definition) is 3. The van der Waals surface area contributed by atoms with Crippen molar-refractivity contribution in [2.45, 2.75) is 316 Å². The number of phosphoric acid groups is 2. The number of carbonyl (C=O) groups excluding carboxylic acids is 4. The number of aliphatic hydroxyl groups excluding tert-OH is 1. The van der Waals surface area contributed by atoms with E-state index in [-0.39, 0.29) is 25.7 Å². The Morgan fingerprint density at radius 3 is 0.731 bits per heavy atom. The second-order valence-electron chi connectivity index (χ2n) is 26.5. The number of esters is 4. The van der Waals surface area contributed by atoms with Crippen LogP contribution in [0.5, 0.6) is 0 Å². The maximum Gasteiger partial charge on any atom is 0.472 e. The Morgan fingerprint density at radius 2 is 0.463 bits per heavy atom. The Bertz CT molecular complexity index is 2760. The van der Waals surface area contributed by atoms with E-state index in [1.807, 2.05) is 12.2 Å². The molecule has 0 amide bonds. The SMILES string of the molecule is CC/C=C\C/C=C\C/C=C\C/C=C\C/C=C\CCCC(=O)OCC(COP(=O)(O)OCC(O)COP(=O)(O)OCC(COC(=O)CCCCCCCC/C=C\C/C=C\C/C=C\C/C=C\CC)OC(=O)CCCCCCC/C=C\C/C=C\C/C=C\CC)OC(=O)CCCCCCCCC/C=C\C/C=C\C/C=C\CC. The summed E-state index contributed by atoms with van der Waals surface area (Å²) in [6.07, 6.45) is 95.8. The molecule has 0 rings (SSSR count). The first-order valence-electron chi connectivity index (χ1n) is 41.0. The fourth-order valence-electron chi connectivity index (χ4n) is 10.3. The monoisotopic (exact) mass is 1550 g/mol. The van der Waals surface area contributed by atoms with Gasteiger partial charge in [0.15, 0.2) is 12.2 Å². The van der Waals surface area contributed by atoms with Gasteiger partial charge in [-0.25, -0.2) is 9.13 Å². The van der Waals surface area contributed by atoms with Crippen molar-refractivity contribution < 1.29 is 80.2 Å². The van der Waals surface area contributed by atoms with Crippen LogP contribution in [-0.2, 0) is 65.4 Å². The van der Waals surface area contributed by atoms with Gasteiger partial charge in [0.1, 0.15) is 19.3 Å². The molecule has 19 heteroatoms. The van der Waals surface area contributed by atoms with Crippen LogP contribution in [0, 0.1) is 0 Å². The van der Waals surface area contributed by atoms with Crippen molar-refractivity contribution in [3.63, 3.8) is 0 Å². The van der Waals surface area contributed by atoms with Gasteiger partial charge in [0.25, 0.3) is 0 Å². The maximum absolute atomic E-state index is 13.1. The summed E-state index contributed by atoms with van der Waals surface area (Å²) in [5, 5.41) is 10.7. The van der Waals surface area contributed by atoms with Crippen molar-refractivity contribution in [2.75, 3.05) is 39.6 Å². The number of rotatable bonds is 75. The summed E-state index contributed by atoms with van der Waals surface area (Å²) in [7, 11) is -10.0. The molecule has 0 radical (unpaired) electrons. The van der Waals surface area contributed by atoms with Crippen LogP contribution in [0.2, 0.25) is 0 Å². The van der Waals surface area contributed by atoms with E-state index < -0.39 is 97.5 Å². The third-order valence-electron chi connectivity index (χ3n) is 16.4. The summed E-state index contributed by atoms with van der Waals surface area (Å²) >= 11 is 0. The predicted octanol–water partition coefficient (Wildman–Crippen LogP) is 24.3. The Balaban J connectivity index is 5.46. The molecule has 17 nitrogen and oxygen atoms in total. The average Bonchev–Trinajstić information content (AvgIpc) is 0.901. The number of allylic oxidation sites excluding steroid dienone is 30. The van der Waals surface area contributed by atoms with Gasteiger partial charge in [-0.15, -0.1) is 0 Å². The summed E-state index contributed by atoms with van der Waals surface area (Å²) in [6.45, 7) is 4.31. The van der Waals surface area contributed by atoms with Gasteiger partial charge in [-0.2, -0.15) is 0 Å². The van der Waals surface area contributed by atoms with Crippen molar-refractivity contribution in [1.82, 2.24) is 0 Å². The van der Waals surface area contributed by atoms with Gasteiger partial charge in [0.05, 0.1) is 26.4 Å². The Kier molecular flexibility index (Phi) is 75.0. The Labute approximate surface area is 654 Å². The largest absolute Gasteiger partial charge is 0.472 e. The summed E-state index contributed by atoms with van der Waals surface area (Å²) in [6, 6.07) is 0. The van der Waals surface area contributed by atoms with Crippen molar-refractivity contribution in [1.29, 1.82) is 0 Å². The zero-order valence-corrected chi connectivity index (χ0v) is 68.7. The second kappa shape index (κ2) is 79.3. The lowest BCUT2D eigenvalue weighted by molar-refractivity contribution is -0.161. The van der Waals surface area contributed by atoms with Crippen LogP contribution in [0.1, 0.15) is 297 Å². The van der Waals surface area contributed by atoms with Crippen molar-refractivity contribution in [3.05, 3.63) is 182 Å². The summed E-state index contributed by atoms with van der Waals surface area (Å²) in [5.74, 6) is -2.30. The van der Waals surface area contributed by atoms with Gasteiger partial charge in [-0.3, -0.25) is 37.3 Å². The number of phosphoric ester groups is 2. The number of unbranched alkanes of at least 4 members (excludes halogenated alkanes) is 19. The zero-order valence-electron chi connectivity index (χ0n) is 66.9. The van der Waals surface area contributed by atoms with Gasteiger partial charge < -0.3 is 33.8 Å². The molecular formula is C89H144O17P2. The minimum absolute atomic E-state index is 0.0642. The third kappa shape index (κ3) is 78.3. The van der Waals surface area contributed by atoms with Crippen LogP contribution in [0.3, 0.4) is 0 Å². The fourth-order valence-corrected chi connectivity index (χ4v) is 11.9. The van der Waals surface area contributed by atoms with E-state index >= 15 is 0 Å². The number of ether oxygens (including phenoxy) is 4. The molecular weight excluding hydrogens is 1400 g/mol. The van der Waals surface area contributed by atoms with Crippen LogP contribution < -0.4 is 0 Å². The van der Waals surface area contributed by atoms with Gasteiger partial charge in [-0.1, -0.05) is 287 Å². The molecule has 0 heterocycles. The van der Waals surface area contributed by atoms with Gasteiger partial charge in [-0.05, 0) is 167 Å². The molecule has 5 unspecified atom stereocenters. The molecule has 108 heavy (non-hydrogen) atoms. The van der Waals surface area contributed by atoms with Crippen molar-refractivity contribution in [2.24, 2.45) is 0 Å². The average molecular weight is 1550 g/mol. The van der Waals surface area contributed by atoms with E-state index in [0.29, 0.717) is 32.1 Å². The summed E-state index contributed by atoms with van der Waals surface area (Å²) in [5.41, 5.74) is 0. The van der Waals surface area contributed by atoms with Gasteiger partial charge in [0.2, 0.25) is 0 Å². The molecule has 0 fully saturated rings. The van der Waals surface area contributed by atoms with Crippen LogP contribution in [0.15, 0.2) is 182 Å². The lowest BCUT2D eigenvalue weighted by atomic mass is 10.1. The van der Waals surface area contributed by atoms with Crippen LogP contribution in [0.25, 0.3) is 0 Å². The van der Waals surface area contributed by atoms with E-state index in [9.17, 15) is 43.2 Å². The van der Waals surface area contributed by atoms with Gasteiger partial charge in [0, 0.05) is 25.7 Å². The van der Waals surface area contributed by atoms with Crippen LogP contribution in [-0.4, -0.2) is 96.7 Å². The Morgan fingerprint density at radius 1 is 0.259 bits per heavy atom. The first-order chi connectivity index (χ1) is 52.7. The summed E-state index contributed by atoms with van der Waals surface area (Å²) in [4.78, 5) is 73.2. The molecule has 0 bridgehead atoms. The minimum Gasteiger partial charge on any atom is -0.462 e. The molecule has 5 atom stereocenters. The molecule has 3 N–H and O–H groups in total. The first-order valence-corrected chi connectivity index (χ1v) is 44.0. The zero-order chi connectivity index (χ0) is 78.9. The highest BCUT2D eigenvalue weighted by Crippen LogP contribution is 2.45. The number of carbonyl (C=O) groups is 4. The topological polar surface area (TPSA) is 237 Å². The van der Waals surface area contributed by atoms with E-state index in [1.165, 1.54) is 0 Å². The molecule has 0 aromatic rings. The molecule has 0 saturated carbocycles. The highest BCUT2D eigenvalue weighted by Gasteiger charge is 2.30. The third-order valence-corrected chi connectivity index (χ3v) is 18.3. The van der Waals surface area contributed by atoms with E-state index in [0.717, 1.165) is 212 Å². The molecule has 0 saturated heterocycles. The lowest BCUT2D eigenvalue weighted by Gasteiger charge is -2.21. The highest BCUT2D eigenvalue weighted by molar-refractivity contribution is 7.47. The smallest absolute Gasteiger partial charge is 0.462 e. The molecule has 0 aliphatic heterocycles. The van der Waals surface area contributed by atoms with Crippen LogP contribution in [0.4, 0.5) is 0 Å². The van der Waals surface area contributed by atoms with E-state index in [2.05, 4.69) is 198 Å². The predicted molar refractivity (Wildman–Crippen MR) is 445 cm³/mol. The highest BCUT2D eigenvalue weighted by atomic mass is 31.2. The number of hydrogen-bond acceptors (Lipinski definition) is 15. The maximum atomic E-state index is 13.1. The standard InChI is InChI=1S/C89H144O17P2/c1-5-9-13-17-21-25-29-33-37-40-41-44-47-50-54-58-62-66-70-74-87(92)100-79-84(105-88(93)75-71-67-63-59-55-51-45-36-32-28-24-20-16-12-8-4)81-103-107(95,96)101-77-83(90)78-102-108(97,98)104-82-85(106-89(94)76-72-68-64-60-56-52-48-43-39-35-31-27-23-19-15-11-7-3)80-99-86(91)73-69-65-61-57-53-49-46-42-38-34-30-26-22-18-14-10-6-2/h9-16,21-28,33-39,41,44-46,49,57,61,83-85,90H,5-8,17-20,29-32,40,42-43,47-48,50-56,58-60,62-82H2,1-4H3,(H,95,96)(H,97,98)/b13-9-,14-10-,15-11-,16-12-,25-21-,26-22-,27-23-,28-24-,37-33-,38-34-,39-35-,44-41-,45-36-,49-46-,61-57-. The number of aliphatic hydroxyl groups is 1. The molecule has 0 aromatic heterocycles. The van der Waals surface area contributed by atoms with Crippen LogP contribution >= 0.6 is 15.6 Å². The molecule has 0 aromatic carbocycles. The molecule has 612 valence electrons. The first kappa shape index (κ1) is 102. The normalized spacial score (nSPS) is 14.8. The summed E-state index contributed by atoms with van der Waals surface area (Å²) < 4.78 is 68.7. The second-order valence-corrected chi connectivity index (χ2v) is 29.4.